The number of imidazole rings is 1. The maximum Gasteiger partial charge on any atom is 0.203 e. The zero-order valence-electron chi connectivity index (χ0n) is 12.4. The topological polar surface area (TPSA) is 63.9 Å². The Kier molecular flexibility index (Phi) is 3.68. The minimum absolute atomic E-state index is 0.0250. The Bertz CT molecular complexity index is 634. The number of piperidine rings is 1. The van der Waals surface area contributed by atoms with Gasteiger partial charge in [-0.25, -0.2) is 4.98 Å². The van der Waals surface area contributed by atoms with E-state index >= 15 is 0 Å². The van der Waals surface area contributed by atoms with Crippen molar-refractivity contribution in [1.29, 1.82) is 0 Å². The lowest BCUT2D eigenvalue weighted by molar-refractivity contribution is 0.0893. The maximum absolute atomic E-state index is 12.6. The van der Waals surface area contributed by atoms with Gasteiger partial charge in [0.15, 0.2) is 11.6 Å². The van der Waals surface area contributed by atoms with Gasteiger partial charge >= 0.3 is 0 Å². The van der Waals surface area contributed by atoms with Crippen LogP contribution in [-0.2, 0) is 7.05 Å². The first-order valence-electron chi connectivity index (χ1n) is 7.22. The molecule has 0 saturated carbocycles. The molecular weight excluding hydrogens is 266 g/mol. The minimum atomic E-state index is -0.0250. The lowest BCUT2D eigenvalue weighted by Gasteiger charge is -2.32. The van der Waals surface area contributed by atoms with Crippen LogP contribution in [0.3, 0.4) is 0 Å². The molecule has 2 aromatic heterocycles. The number of Topliss-reactive ketones (excluding diaryl/α,β-unsaturated/α-hetero) is 1. The molecule has 0 spiro atoms. The average Bonchev–Trinajstić information content (AvgIpc) is 2.93. The second-order valence-electron chi connectivity index (χ2n) is 5.54. The molecule has 6 heteroatoms. The quantitative estimate of drug-likeness (QED) is 0.802. The summed E-state index contributed by atoms with van der Waals surface area (Å²) in [6.07, 6.45) is 5.36. The number of rotatable bonds is 3. The second-order valence-corrected chi connectivity index (χ2v) is 5.54. The Hall–Kier alpha value is -2.24. The Balaban J connectivity index is 1.75. The molecule has 1 atom stereocenters. The van der Waals surface area contributed by atoms with Gasteiger partial charge in [-0.1, -0.05) is 0 Å². The first-order valence-corrected chi connectivity index (χ1v) is 7.22. The summed E-state index contributed by atoms with van der Waals surface area (Å²) in [6.45, 7) is 3.52. The lowest BCUT2D eigenvalue weighted by atomic mass is 9.93. The van der Waals surface area contributed by atoms with Gasteiger partial charge in [-0.15, -0.1) is 5.10 Å². The van der Waals surface area contributed by atoms with Crippen LogP contribution >= 0.6 is 0 Å². The highest BCUT2D eigenvalue weighted by atomic mass is 16.1. The van der Waals surface area contributed by atoms with E-state index < -0.39 is 0 Å². The van der Waals surface area contributed by atoms with Crippen LogP contribution in [0, 0.1) is 12.8 Å². The third kappa shape index (κ3) is 2.79. The van der Waals surface area contributed by atoms with E-state index in [1.807, 2.05) is 26.1 Å². The molecule has 110 valence electrons. The van der Waals surface area contributed by atoms with Gasteiger partial charge in [-0.2, -0.15) is 5.10 Å². The summed E-state index contributed by atoms with van der Waals surface area (Å²) in [5, 5.41) is 8.31. The van der Waals surface area contributed by atoms with Crippen LogP contribution in [0.4, 0.5) is 5.82 Å². The number of ketones is 1. The summed E-state index contributed by atoms with van der Waals surface area (Å²) in [5.74, 6) is 1.48. The van der Waals surface area contributed by atoms with E-state index in [0.717, 1.165) is 30.9 Å². The van der Waals surface area contributed by atoms with Crippen LogP contribution in [0.25, 0.3) is 0 Å². The summed E-state index contributed by atoms with van der Waals surface area (Å²) in [5.41, 5.74) is 0.899. The molecule has 0 bridgehead atoms. The highest BCUT2D eigenvalue weighted by Crippen LogP contribution is 2.23. The van der Waals surface area contributed by atoms with E-state index in [4.69, 9.17) is 0 Å². The van der Waals surface area contributed by atoms with E-state index in [-0.39, 0.29) is 11.7 Å². The van der Waals surface area contributed by atoms with E-state index in [1.54, 1.807) is 17.0 Å². The second kappa shape index (κ2) is 5.63. The van der Waals surface area contributed by atoms with Crippen LogP contribution in [0.2, 0.25) is 0 Å². The fraction of sp³-hybridized carbons (Fsp3) is 0.467. The average molecular weight is 285 g/mol. The summed E-state index contributed by atoms with van der Waals surface area (Å²) in [4.78, 5) is 18.9. The van der Waals surface area contributed by atoms with E-state index in [0.29, 0.717) is 12.4 Å². The molecule has 0 unspecified atom stereocenters. The van der Waals surface area contributed by atoms with Crippen LogP contribution in [-0.4, -0.2) is 38.6 Å². The maximum atomic E-state index is 12.6. The zero-order chi connectivity index (χ0) is 14.8. The molecule has 6 nitrogen and oxygen atoms in total. The minimum Gasteiger partial charge on any atom is -0.354 e. The van der Waals surface area contributed by atoms with E-state index in [2.05, 4.69) is 20.1 Å². The van der Waals surface area contributed by atoms with Gasteiger partial charge < -0.3 is 9.47 Å². The smallest absolute Gasteiger partial charge is 0.203 e. The Labute approximate surface area is 123 Å². The summed E-state index contributed by atoms with van der Waals surface area (Å²) < 4.78 is 1.78. The number of anilines is 1. The first-order chi connectivity index (χ1) is 10.1. The molecule has 21 heavy (non-hydrogen) atoms. The molecule has 3 heterocycles. The predicted octanol–water partition coefficient (Wildman–Crippen LogP) is 1.62. The van der Waals surface area contributed by atoms with Crippen molar-refractivity contribution in [3.63, 3.8) is 0 Å². The van der Waals surface area contributed by atoms with Crippen molar-refractivity contribution in [3.8, 4) is 0 Å². The largest absolute Gasteiger partial charge is 0.354 e. The van der Waals surface area contributed by atoms with Crippen LogP contribution < -0.4 is 4.90 Å². The third-order valence-corrected chi connectivity index (χ3v) is 3.94. The molecule has 0 amide bonds. The van der Waals surface area contributed by atoms with Crippen molar-refractivity contribution in [2.75, 3.05) is 18.0 Å². The highest BCUT2D eigenvalue weighted by Gasteiger charge is 2.29. The molecule has 0 N–H and O–H groups in total. The van der Waals surface area contributed by atoms with Crippen LogP contribution in [0.5, 0.6) is 0 Å². The zero-order valence-corrected chi connectivity index (χ0v) is 12.4. The fourth-order valence-corrected chi connectivity index (χ4v) is 2.75. The van der Waals surface area contributed by atoms with Crippen LogP contribution in [0.1, 0.15) is 29.2 Å². The van der Waals surface area contributed by atoms with Crippen molar-refractivity contribution in [3.05, 3.63) is 36.0 Å². The number of hydrogen-bond donors (Lipinski definition) is 0. The summed E-state index contributed by atoms with van der Waals surface area (Å²) in [6, 6.07) is 3.92. The number of aromatic nitrogens is 4. The van der Waals surface area contributed by atoms with Gasteiger partial charge in [0.2, 0.25) is 5.78 Å². The fourth-order valence-electron chi connectivity index (χ4n) is 2.75. The van der Waals surface area contributed by atoms with Crippen molar-refractivity contribution in [1.82, 2.24) is 19.7 Å². The number of carbonyl (C=O) groups excluding carboxylic acids is 1. The van der Waals surface area contributed by atoms with Gasteiger partial charge in [0.1, 0.15) is 0 Å². The Morgan fingerprint density at radius 1 is 1.33 bits per heavy atom. The number of aryl methyl sites for hydroxylation is 2. The van der Waals surface area contributed by atoms with Gasteiger partial charge in [-0.3, -0.25) is 4.79 Å². The number of carbonyl (C=O) groups is 1. The van der Waals surface area contributed by atoms with Gasteiger partial charge in [0.05, 0.1) is 5.69 Å². The predicted molar refractivity (Wildman–Crippen MR) is 79.2 cm³/mol. The standard InChI is InChI=1S/C15H19N5O/c1-11-5-6-13(18-17-11)20-8-3-4-12(10-20)14(21)15-16-7-9-19(15)2/h5-7,9,12H,3-4,8,10H2,1-2H3/t12-/m0/s1. The van der Waals surface area contributed by atoms with Crippen molar-refractivity contribution in [2.24, 2.45) is 13.0 Å². The number of hydrogen-bond acceptors (Lipinski definition) is 5. The molecule has 0 radical (unpaired) electrons. The molecule has 1 aliphatic heterocycles. The highest BCUT2D eigenvalue weighted by molar-refractivity contribution is 5.95. The van der Waals surface area contributed by atoms with Gasteiger partial charge in [0, 0.05) is 38.4 Å². The molecule has 0 aromatic carbocycles. The summed E-state index contributed by atoms with van der Waals surface area (Å²) in [7, 11) is 1.85. The molecule has 0 aliphatic carbocycles. The van der Waals surface area contributed by atoms with E-state index in [9.17, 15) is 4.79 Å². The molecule has 1 saturated heterocycles. The monoisotopic (exact) mass is 285 g/mol. The first kappa shape index (κ1) is 13.7. The molecule has 2 aromatic rings. The molecule has 3 rings (SSSR count). The van der Waals surface area contributed by atoms with Crippen molar-refractivity contribution >= 4 is 11.6 Å². The van der Waals surface area contributed by atoms with Gasteiger partial charge in [-0.05, 0) is 31.9 Å². The molecule has 1 aliphatic rings. The third-order valence-electron chi connectivity index (χ3n) is 3.94. The Morgan fingerprint density at radius 3 is 2.86 bits per heavy atom. The Morgan fingerprint density at radius 2 is 2.19 bits per heavy atom. The number of nitrogens with zero attached hydrogens (tertiary/aromatic N) is 5. The van der Waals surface area contributed by atoms with Crippen LogP contribution in [0.15, 0.2) is 24.5 Å². The van der Waals surface area contributed by atoms with E-state index in [1.165, 1.54) is 0 Å². The summed E-state index contributed by atoms with van der Waals surface area (Å²) >= 11 is 0. The van der Waals surface area contributed by atoms with Crippen molar-refractivity contribution in [2.45, 2.75) is 19.8 Å². The SMILES string of the molecule is Cc1ccc(N2CCC[C@H](C(=O)c3nccn3C)C2)nn1. The van der Waals surface area contributed by atoms with Gasteiger partial charge in [0.25, 0.3) is 0 Å². The normalized spacial score (nSPS) is 18.8. The molecule has 1 fully saturated rings. The van der Waals surface area contributed by atoms with Crippen molar-refractivity contribution < 1.29 is 4.79 Å². The molecular formula is C15H19N5O. The lowest BCUT2D eigenvalue weighted by Crippen LogP contribution is -2.39.